The topological polar surface area (TPSA) is 82.3 Å². The number of urea groups is 1. The first kappa shape index (κ1) is 21.4. The van der Waals surface area contributed by atoms with Crippen LogP contribution in [-0.4, -0.2) is 42.7 Å². The molecule has 164 valence electrons. The fraction of sp³-hybridized carbons (Fsp3) is 0.440. The molecule has 2 saturated carbocycles. The van der Waals surface area contributed by atoms with Gasteiger partial charge in [-0.1, -0.05) is 74.5 Å². The highest BCUT2D eigenvalue weighted by atomic mass is 16.2. The minimum absolute atomic E-state index is 0.120. The molecule has 2 aromatic rings. The van der Waals surface area contributed by atoms with Crippen molar-refractivity contribution in [2.45, 2.75) is 62.7 Å². The zero-order chi connectivity index (χ0) is 21.8. The standard InChI is InChI=1S/C25H32N4O2/c1-16(2)26-15-23(24(30)27-21-13-19(21)17-9-5-3-6-10-17)29-25(31)28-22-14-20(22)18-11-7-4-8-12-18/h3-12,16,19-23,26H,13-15H2,1-2H3,(H,27,30)(H2,28,29,31)/t19-,20-,21+,22+,23+/m1/s1. The molecule has 0 bridgehead atoms. The Kier molecular flexibility index (Phi) is 6.56. The largest absolute Gasteiger partial charge is 0.351 e. The van der Waals surface area contributed by atoms with E-state index in [1.165, 1.54) is 11.1 Å². The van der Waals surface area contributed by atoms with E-state index < -0.39 is 6.04 Å². The summed E-state index contributed by atoms with van der Waals surface area (Å²) in [7, 11) is 0. The van der Waals surface area contributed by atoms with E-state index in [9.17, 15) is 9.59 Å². The van der Waals surface area contributed by atoms with Crippen LogP contribution in [0.4, 0.5) is 4.79 Å². The molecule has 2 aliphatic rings. The van der Waals surface area contributed by atoms with E-state index in [-0.39, 0.29) is 30.1 Å². The third kappa shape index (κ3) is 5.85. The van der Waals surface area contributed by atoms with Gasteiger partial charge in [-0.2, -0.15) is 0 Å². The van der Waals surface area contributed by atoms with E-state index >= 15 is 0 Å². The van der Waals surface area contributed by atoms with E-state index in [1.807, 2.05) is 50.2 Å². The van der Waals surface area contributed by atoms with Crippen molar-refractivity contribution in [3.05, 3.63) is 71.8 Å². The first-order valence-electron chi connectivity index (χ1n) is 11.2. The third-order valence-corrected chi connectivity index (χ3v) is 6.03. The van der Waals surface area contributed by atoms with Crippen LogP contribution in [0, 0.1) is 0 Å². The van der Waals surface area contributed by atoms with Gasteiger partial charge in [0.05, 0.1) is 0 Å². The highest BCUT2D eigenvalue weighted by Gasteiger charge is 2.42. The SMILES string of the molecule is CC(C)NC[C@H](NC(=O)N[C@H]1C[C@@H]1c1ccccc1)C(=O)N[C@H]1C[C@@H]1c1ccccc1. The molecule has 2 aliphatic carbocycles. The maximum Gasteiger partial charge on any atom is 0.315 e. The molecular weight excluding hydrogens is 388 g/mol. The summed E-state index contributed by atoms with van der Waals surface area (Å²) in [5.41, 5.74) is 2.49. The highest BCUT2D eigenvalue weighted by Crippen LogP contribution is 2.41. The minimum Gasteiger partial charge on any atom is -0.351 e. The molecular formula is C25H32N4O2. The average Bonchev–Trinajstić information content (AvgIpc) is 3.69. The van der Waals surface area contributed by atoms with Gasteiger partial charge in [-0.25, -0.2) is 4.79 Å². The zero-order valence-corrected chi connectivity index (χ0v) is 18.2. The van der Waals surface area contributed by atoms with Gasteiger partial charge in [0.2, 0.25) is 5.91 Å². The molecule has 0 aliphatic heterocycles. The minimum atomic E-state index is -0.617. The number of rotatable bonds is 9. The summed E-state index contributed by atoms with van der Waals surface area (Å²) in [6, 6.07) is 20.0. The lowest BCUT2D eigenvalue weighted by Gasteiger charge is -2.21. The molecule has 6 heteroatoms. The van der Waals surface area contributed by atoms with Crippen LogP contribution in [0.2, 0.25) is 0 Å². The zero-order valence-electron chi connectivity index (χ0n) is 18.2. The Bertz CT molecular complexity index is 887. The summed E-state index contributed by atoms with van der Waals surface area (Å²) in [5, 5.41) is 12.3. The fourth-order valence-electron chi connectivity index (χ4n) is 4.06. The number of benzene rings is 2. The molecule has 0 spiro atoms. The van der Waals surface area contributed by atoms with Gasteiger partial charge in [-0.05, 0) is 24.0 Å². The Morgan fingerprint density at radius 2 is 1.35 bits per heavy atom. The summed E-state index contributed by atoms with van der Waals surface area (Å²) in [5.74, 6) is 0.573. The Morgan fingerprint density at radius 1 is 0.839 bits per heavy atom. The van der Waals surface area contributed by atoms with Gasteiger partial charge in [-0.15, -0.1) is 0 Å². The first-order valence-corrected chi connectivity index (χ1v) is 11.2. The van der Waals surface area contributed by atoms with Crippen molar-refractivity contribution in [1.82, 2.24) is 21.3 Å². The Morgan fingerprint density at radius 3 is 1.87 bits per heavy atom. The van der Waals surface area contributed by atoms with E-state index in [1.54, 1.807) is 0 Å². The van der Waals surface area contributed by atoms with Crippen LogP contribution >= 0.6 is 0 Å². The van der Waals surface area contributed by atoms with E-state index in [2.05, 4.69) is 45.5 Å². The molecule has 2 aromatic carbocycles. The maximum absolute atomic E-state index is 12.9. The monoisotopic (exact) mass is 420 g/mol. The quantitative estimate of drug-likeness (QED) is 0.503. The normalized spacial score (nSPS) is 24.9. The van der Waals surface area contributed by atoms with Crippen molar-refractivity contribution in [2.75, 3.05) is 6.54 Å². The lowest BCUT2D eigenvalue weighted by molar-refractivity contribution is -0.123. The van der Waals surface area contributed by atoms with Crippen molar-refractivity contribution in [3.8, 4) is 0 Å². The Balaban J connectivity index is 1.29. The first-order chi connectivity index (χ1) is 15.0. The number of hydrogen-bond donors (Lipinski definition) is 4. The van der Waals surface area contributed by atoms with Crippen molar-refractivity contribution in [3.63, 3.8) is 0 Å². The van der Waals surface area contributed by atoms with Crippen LogP contribution in [0.5, 0.6) is 0 Å². The van der Waals surface area contributed by atoms with Gasteiger partial charge in [0, 0.05) is 36.5 Å². The van der Waals surface area contributed by atoms with Crippen LogP contribution < -0.4 is 21.3 Å². The average molecular weight is 421 g/mol. The number of hydrogen-bond acceptors (Lipinski definition) is 3. The lowest BCUT2D eigenvalue weighted by Crippen LogP contribution is -2.55. The van der Waals surface area contributed by atoms with Crippen LogP contribution in [0.1, 0.15) is 49.7 Å². The molecule has 0 heterocycles. The number of carbonyl (C=O) groups is 2. The summed E-state index contributed by atoms with van der Waals surface area (Å²) in [6.45, 7) is 4.44. The highest BCUT2D eigenvalue weighted by molar-refractivity contribution is 5.88. The summed E-state index contributed by atoms with van der Waals surface area (Å²) < 4.78 is 0. The summed E-state index contributed by atoms with van der Waals surface area (Å²) >= 11 is 0. The molecule has 3 amide bonds. The molecule has 0 saturated heterocycles. The summed E-state index contributed by atoms with van der Waals surface area (Å²) in [6.07, 6.45) is 1.87. The molecule has 0 aromatic heterocycles. The number of amides is 3. The third-order valence-electron chi connectivity index (χ3n) is 6.03. The Hall–Kier alpha value is -2.86. The second-order valence-corrected chi connectivity index (χ2v) is 8.96. The van der Waals surface area contributed by atoms with E-state index in [4.69, 9.17) is 0 Å². The van der Waals surface area contributed by atoms with Crippen molar-refractivity contribution >= 4 is 11.9 Å². The second kappa shape index (κ2) is 9.52. The van der Waals surface area contributed by atoms with Crippen molar-refractivity contribution in [1.29, 1.82) is 0 Å². The Labute approximate surface area is 184 Å². The predicted molar refractivity (Wildman–Crippen MR) is 122 cm³/mol. The van der Waals surface area contributed by atoms with Crippen LogP contribution in [0.25, 0.3) is 0 Å². The molecule has 6 nitrogen and oxygen atoms in total. The molecule has 5 atom stereocenters. The fourth-order valence-corrected chi connectivity index (χ4v) is 4.06. The molecule has 4 rings (SSSR count). The molecule has 0 radical (unpaired) electrons. The van der Waals surface area contributed by atoms with Gasteiger partial charge in [0.1, 0.15) is 6.04 Å². The molecule has 0 unspecified atom stereocenters. The number of carbonyl (C=O) groups excluding carboxylic acids is 2. The van der Waals surface area contributed by atoms with Crippen LogP contribution in [0.3, 0.4) is 0 Å². The number of nitrogens with one attached hydrogen (secondary N) is 4. The van der Waals surface area contributed by atoms with Crippen molar-refractivity contribution < 1.29 is 9.59 Å². The maximum atomic E-state index is 12.9. The van der Waals surface area contributed by atoms with Crippen LogP contribution in [-0.2, 0) is 4.79 Å². The van der Waals surface area contributed by atoms with Crippen LogP contribution in [0.15, 0.2) is 60.7 Å². The van der Waals surface area contributed by atoms with E-state index in [0.29, 0.717) is 18.4 Å². The molecule has 31 heavy (non-hydrogen) atoms. The second-order valence-electron chi connectivity index (χ2n) is 8.96. The van der Waals surface area contributed by atoms with Gasteiger partial charge < -0.3 is 21.3 Å². The van der Waals surface area contributed by atoms with Gasteiger partial charge in [0.25, 0.3) is 0 Å². The predicted octanol–water partition coefficient (Wildman–Crippen LogP) is 2.88. The summed E-state index contributed by atoms with van der Waals surface area (Å²) in [4.78, 5) is 25.5. The lowest BCUT2D eigenvalue weighted by atomic mass is 10.1. The van der Waals surface area contributed by atoms with Gasteiger partial charge >= 0.3 is 6.03 Å². The smallest absolute Gasteiger partial charge is 0.315 e. The molecule has 2 fully saturated rings. The van der Waals surface area contributed by atoms with Crippen molar-refractivity contribution in [2.24, 2.45) is 0 Å². The van der Waals surface area contributed by atoms with E-state index in [0.717, 1.165) is 12.8 Å². The van der Waals surface area contributed by atoms with Gasteiger partial charge in [-0.3, -0.25) is 4.79 Å². The van der Waals surface area contributed by atoms with Gasteiger partial charge in [0.15, 0.2) is 0 Å². The molecule has 4 N–H and O–H groups in total.